The van der Waals surface area contributed by atoms with Gasteiger partial charge in [0.2, 0.25) is 0 Å². The molecule has 0 aliphatic rings. The molecule has 18 heavy (non-hydrogen) atoms. The van der Waals surface area contributed by atoms with Crippen LogP contribution in [0.2, 0.25) is 0 Å². The lowest BCUT2D eigenvalue weighted by molar-refractivity contribution is -0.123. The lowest BCUT2D eigenvalue weighted by Gasteiger charge is -2.16. The number of hydrogen-bond acceptors (Lipinski definition) is 3. The molecular formula is C15H20N2O. The fraction of sp³-hybridized carbons (Fsp3) is 0.533. The third-order valence-electron chi connectivity index (χ3n) is 3.25. The van der Waals surface area contributed by atoms with Crippen molar-refractivity contribution in [2.75, 3.05) is 0 Å². The second kappa shape index (κ2) is 7.60. The van der Waals surface area contributed by atoms with Crippen LogP contribution in [0, 0.1) is 17.2 Å². The number of nitriles is 1. The average molecular weight is 244 g/mol. The molecule has 2 atom stereocenters. The smallest absolute Gasteiger partial charge is 0.157 e. The molecule has 0 saturated heterocycles. The first-order valence-electron chi connectivity index (χ1n) is 6.57. The summed E-state index contributed by atoms with van der Waals surface area (Å²) >= 11 is 0. The van der Waals surface area contributed by atoms with Crippen LogP contribution in [0.25, 0.3) is 0 Å². The fourth-order valence-corrected chi connectivity index (χ4v) is 2.09. The fourth-order valence-electron chi connectivity index (χ4n) is 2.09. The summed E-state index contributed by atoms with van der Waals surface area (Å²) in [5, 5.41) is 9.23. The molecule has 3 heteroatoms. The first-order valence-corrected chi connectivity index (χ1v) is 6.57. The molecule has 2 unspecified atom stereocenters. The Bertz CT molecular complexity index is 408. The molecule has 0 fully saturated rings. The monoisotopic (exact) mass is 244 g/mol. The van der Waals surface area contributed by atoms with Gasteiger partial charge < -0.3 is 0 Å². The molecule has 0 aromatic carbocycles. The maximum Gasteiger partial charge on any atom is 0.157 e. The van der Waals surface area contributed by atoms with Gasteiger partial charge in [-0.05, 0) is 30.5 Å². The normalized spacial score (nSPS) is 13.6. The van der Waals surface area contributed by atoms with Crippen LogP contribution < -0.4 is 0 Å². The Morgan fingerprint density at radius 1 is 1.39 bits per heavy atom. The van der Waals surface area contributed by atoms with E-state index in [0.29, 0.717) is 0 Å². The van der Waals surface area contributed by atoms with Crippen LogP contribution in [0.1, 0.15) is 51.0 Å². The van der Waals surface area contributed by atoms with Gasteiger partial charge in [-0.2, -0.15) is 5.26 Å². The Hall–Kier alpha value is -1.69. The van der Waals surface area contributed by atoms with Crippen molar-refractivity contribution < 1.29 is 4.79 Å². The second-order valence-electron chi connectivity index (χ2n) is 4.49. The Kier molecular flexibility index (Phi) is 6.07. The van der Waals surface area contributed by atoms with Crippen LogP contribution in [0.3, 0.4) is 0 Å². The molecule has 96 valence electrons. The van der Waals surface area contributed by atoms with E-state index in [1.807, 2.05) is 6.92 Å². The number of pyridine rings is 1. The van der Waals surface area contributed by atoms with Gasteiger partial charge in [-0.1, -0.05) is 26.7 Å². The van der Waals surface area contributed by atoms with Gasteiger partial charge in [-0.3, -0.25) is 9.78 Å². The minimum Gasteiger partial charge on any atom is -0.298 e. The second-order valence-corrected chi connectivity index (χ2v) is 4.49. The number of aromatic nitrogens is 1. The van der Waals surface area contributed by atoms with Crippen molar-refractivity contribution in [2.24, 2.45) is 5.92 Å². The van der Waals surface area contributed by atoms with E-state index in [-0.39, 0.29) is 11.7 Å². The van der Waals surface area contributed by atoms with E-state index >= 15 is 0 Å². The highest BCUT2D eigenvalue weighted by molar-refractivity contribution is 5.90. The highest BCUT2D eigenvalue weighted by atomic mass is 16.1. The molecule has 1 heterocycles. The van der Waals surface area contributed by atoms with Gasteiger partial charge in [-0.25, -0.2) is 0 Å². The van der Waals surface area contributed by atoms with E-state index < -0.39 is 5.92 Å². The molecule has 3 nitrogen and oxygen atoms in total. The molecule has 0 amide bonds. The summed E-state index contributed by atoms with van der Waals surface area (Å²) in [6.45, 7) is 4.13. The van der Waals surface area contributed by atoms with Crippen LogP contribution in [0.15, 0.2) is 24.5 Å². The molecule has 1 rings (SSSR count). The number of Topliss-reactive ketones (excluding diaryl/α,β-unsaturated/α-hetero) is 1. The van der Waals surface area contributed by atoms with Gasteiger partial charge in [-0.15, -0.1) is 0 Å². The molecule has 0 aliphatic carbocycles. The Morgan fingerprint density at radius 3 is 2.56 bits per heavy atom. The van der Waals surface area contributed by atoms with Gasteiger partial charge >= 0.3 is 0 Å². The molecule has 0 aliphatic heterocycles. The predicted octanol–water partition coefficient (Wildman–Crippen LogP) is 3.47. The Labute approximate surface area is 109 Å². The third-order valence-corrected chi connectivity index (χ3v) is 3.25. The predicted molar refractivity (Wildman–Crippen MR) is 70.9 cm³/mol. The van der Waals surface area contributed by atoms with Gasteiger partial charge in [0.05, 0.1) is 6.07 Å². The van der Waals surface area contributed by atoms with Gasteiger partial charge in [0.15, 0.2) is 5.78 Å². The summed E-state index contributed by atoms with van der Waals surface area (Å²) < 4.78 is 0. The number of unbranched alkanes of at least 4 members (excludes halogenated alkanes) is 1. The summed E-state index contributed by atoms with van der Waals surface area (Å²) in [5.74, 6) is -0.586. The SMILES string of the molecule is CCCCC(CC)C(=O)C(C#N)c1ccncc1. The molecule has 0 saturated carbocycles. The number of rotatable bonds is 7. The Morgan fingerprint density at radius 2 is 2.06 bits per heavy atom. The summed E-state index contributed by atoms with van der Waals surface area (Å²) in [6.07, 6.45) is 7.06. The van der Waals surface area contributed by atoms with Crippen LogP contribution in [0.5, 0.6) is 0 Å². The molecular weight excluding hydrogens is 224 g/mol. The number of hydrogen-bond donors (Lipinski definition) is 0. The quantitative estimate of drug-likeness (QED) is 0.738. The molecule has 1 aromatic rings. The summed E-state index contributed by atoms with van der Waals surface area (Å²) in [7, 11) is 0. The van der Waals surface area contributed by atoms with Crippen LogP contribution in [-0.4, -0.2) is 10.8 Å². The zero-order valence-electron chi connectivity index (χ0n) is 11.1. The van der Waals surface area contributed by atoms with E-state index in [4.69, 9.17) is 0 Å². The molecule has 0 N–H and O–H groups in total. The van der Waals surface area contributed by atoms with Crippen molar-refractivity contribution in [3.05, 3.63) is 30.1 Å². The van der Waals surface area contributed by atoms with Crippen molar-refractivity contribution >= 4 is 5.78 Å². The van der Waals surface area contributed by atoms with E-state index in [1.54, 1.807) is 24.5 Å². The minimum atomic E-state index is -0.644. The van der Waals surface area contributed by atoms with Crippen molar-refractivity contribution in [3.8, 4) is 6.07 Å². The van der Waals surface area contributed by atoms with Crippen LogP contribution >= 0.6 is 0 Å². The van der Waals surface area contributed by atoms with E-state index in [2.05, 4.69) is 18.0 Å². The van der Waals surface area contributed by atoms with E-state index in [1.165, 1.54) is 0 Å². The van der Waals surface area contributed by atoms with Gasteiger partial charge in [0.1, 0.15) is 5.92 Å². The topological polar surface area (TPSA) is 53.8 Å². The van der Waals surface area contributed by atoms with Gasteiger partial charge in [0, 0.05) is 18.3 Å². The number of ketones is 1. The van der Waals surface area contributed by atoms with Crippen LogP contribution in [-0.2, 0) is 4.79 Å². The van der Waals surface area contributed by atoms with E-state index in [9.17, 15) is 10.1 Å². The largest absolute Gasteiger partial charge is 0.298 e. The van der Waals surface area contributed by atoms with Crippen LogP contribution in [0.4, 0.5) is 0 Å². The molecule has 0 spiro atoms. The standard InChI is InChI=1S/C15H20N2O/c1-3-5-6-12(4-2)15(18)14(11-16)13-7-9-17-10-8-13/h7-10,12,14H,3-6H2,1-2H3. The third kappa shape index (κ3) is 3.66. The van der Waals surface area contributed by atoms with Crippen molar-refractivity contribution in [1.29, 1.82) is 5.26 Å². The number of carbonyl (C=O) groups excluding carboxylic acids is 1. The Balaban J connectivity index is 2.82. The molecule has 0 bridgehead atoms. The maximum absolute atomic E-state index is 12.4. The minimum absolute atomic E-state index is 0.00256. The number of nitrogens with zero attached hydrogens (tertiary/aromatic N) is 2. The van der Waals surface area contributed by atoms with Crippen molar-refractivity contribution in [2.45, 2.75) is 45.4 Å². The highest BCUT2D eigenvalue weighted by Gasteiger charge is 2.26. The van der Waals surface area contributed by atoms with Gasteiger partial charge in [0.25, 0.3) is 0 Å². The summed E-state index contributed by atoms with van der Waals surface area (Å²) in [6, 6.07) is 5.63. The molecule has 1 aromatic heterocycles. The first kappa shape index (κ1) is 14.4. The highest BCUT2D eigenvalue weighted by Crippen LogP contribution is 2.24. The lowest BCUT2D eigenvalue weighted by atomic mass is 9.84. The first-order chi connectivity index (χ1) is 8.74. The van der Waals surface area contributed by atoms with Crippen molar-refractivity contribution in [1.82, 2.24) is 4.98 Å². The van der Waals surface area contributed by atoms with E-state index in [0.717, 1.165) is 31.2 Å². The number of carbonyl (C=O) groups is 1. The zero-order chi connectivity index (χ0) is 13.4. The maximum atomic E-state index is 12.4. The average Bonchev–Trinajstić information content (AvgIpc) is 2.42. The lowest BCUT2D eigenvalue weighted by Crippen LogP contribution is -2.21. The zero-order valence-corrected chi connectivity index (χ0v) is 11.1. The molecule has 0 radical (unpaired) electrons. The summed E-state index contributed by atoms with van der Waals surface area (Å²) in [4.78, 5) is 16.3. The van der Waals surface area contributed by atoms with Crippen molar-refractivity contribution in [3.63, 3.8) is 0 Å². The summed E-state index contributed by atoms with van der Waals surface area (Å²) in [5.41, 5.74) is 0.757.